The minimum atomic E-state index is 0.324. The second kappa shape index (κ2) is 4.65. The van der Waals surface area contributed by atoms with E-state index in [4.69, 9.17) is 14.7 Å². The Balaban J connectivity index is 2.20. The molecule has 0 saturated carbocycles. The number of nitrogens with zero attached hydrogens (tertiary/aromatic N) is 1. The van der Waals surface area contributed by atoms with E-state index in [0.717, 1.165) is 34.6 Å². The third-order valence-corrected chi connectivity index (χ3v) is 3.10. The van der Waals surface area contributed by atoms with E-state index in [0.29, 0.717) is 5.88 Å². The molecule has 0 radical (unpaired) electrons. The highest BCUT2D eigenvalue weighted by Gasteiger charge is 2.20. The van der Waals surface area contributed by atoms with E-state index in [-0.39, 0.29) is 0 Å². The lowest BCUT2D eigenvalue weighted by Crippen LogP contribution is -1.88. The number of rotatable bonds is 3. The Morgan fingerprint density at radius 3 is 2.68 bits per heavy atom. The van der Waals surface area contributed by atoms with Gasteiger partial charge in [0, 0.05) is 12.0 Å². The van der Waals surface area contributed by atoms with Crippen molar-refractivity contribution in [1.82, 2.24) is 5.16 Å². The molecule has 0 amide bonds. The van der Waals surface area contributed by atoms with Crippen LogP contribution in [-0.4, -0.2) is 5.16 Å². The maximum absolute atomic E-state index is 5.91. The molecule has 4 heteroatoms. The van der Waals surface area contributed by atoms with E-state index >= 15 is 0 Å². The Hall–Kier alpha value is -2.49. The van der Waals surface area contributed by atoms with Crippen molar-refractivity contribution in [2.45, 2.75) is 13.3 Å². The van der Waals surface area contributed by atoms with Crippen LogP contribution in [0, 0.1) is 0 Å². The van der Waals surface area contributed by atoms with E-state index in [9.17, 15) is 0 Å². The van der Waals surface area contributed by atoms with Gasteiger partial charge in [0.2, 0.25) is 5.88 Å². The second-order valence-corrected chi connectivity index (χ2v) is 4.25. The molecule has 0 fully saturated rings. The smallest absolute Gasteiger partial charge is 0.230 e. The van der Waals surface area contributed by atoms with Gasteiger partial charge in [0.25, 0.3) is 0 Å². The van der Waals surface area contributed by atoms with Crippen molar-refractivity contribution in [2.24, 2.45) is 0 Å². The van der Waals surface area contributed by atoms with Crippen LogP contribution in [0.25, 0.3) is 22.4 Å². The van der Waals surface area contributed by atoms with Crippen LogP contribution in [0.3, 0.4) is 0 Å². The minimum Gasteiger partial charge on any atom is -0.469 e. The number of benzene rings is 1. The van der Waals surface area contributed by atoms with E-state index in [1.807, 2.05) is 43.3 Å². The van der Waals surface area contributed by atoms with Crippen molar-refractivity contribution in [3.8, 4) is 22.4 Å². The molecule has 0 aliphatic rings. The van der Waals surface area contributed by atoms with Gasteiger partial charge in [0.1, 0.15) is 11.5 Å². The van der Waals surface area contributed by atoms with Crippen LogP contribution in [0.15, 0.2) is 51.6 Å². The van der Waals surface area contributed by atoms with Gasteiger partial charge in [-0.2, -0.15) is 0 Å². The zero-order chi connectivity index (χ0) is 13.2. The molecule has 0 unspecified atom stereocenters. The molecule has 0 atom stereocenters. The molecule has 0 bridgehead atoms. The van der Waals surface area contributed by atoms with E-state index in [1.165, 1.54) is 0 Å². The first-order valence-corrected chi connectivity index (χ1v) is 6.18. The topological polar surface area (TPSA) is 65.2 Å². The summed E-state index contributed by atoms with van der Waals surface area (Å²) >= 11 is 0. The molecule has 2 heterocycles. The van der Waals surface area contributed by atoms with Crippen LogP contribution in [0.5, 0.6) is 0 Å². The van der Waals surface area contributed by atoms with E-state index in [2.05, 4.69) is 5.16 Å². The summed E-state index contributed by atoms with van der Waals surface area (Å²) in [5.74, 6) is 1.20. The van der Waals surface area contributed by atoms with Crippen LogP contribution in [0.1, 0.15) is 12.7 Å². The summed E-state index contributed by atoms with van der Waals surface area (Å²) in [7, 11) is 0. The monoisotopic (exact) mass is 254 g/mol. The number of nitrogen functional groups attached to an aromatic ring is 1. The number of hydrogen-bond acceptors (Lipinski definition) is 4. The zero-order valence-corrected chi connectivity index (χ0v) is 10.6. The largest absolute Gasteiger partial charge is 0.469 e. The molecule has 0 saturated heterocycles. The lowest BCUT2D eigenvalue weighted by atomic mass is 10.0. The average molecular weight is 254 g/mol. The summed E-state index contributed by atoms with van der Waals surface area (Å²) in [4.78, 5) is 0. The molecule has 3 rings (SSSR count). The van der Waals surface area contributed by atoms with Crippen molar-refractivity contribution >= 4 is 5.88 Å². The van der Waals surface area contributed by atoms with Crippen LogP contribution >= 0.6 is 0 Å². The van der Waals surface area contributed by atoms with Crippen molar-refractivity contribution in [2.75, 3.05) is 5.73 Å². The number of aryl methyl sites for hydroxylation is 1. The van der Waals surface area contributed by atoms with Gasteiger partial charge in [-0.25, -0.2) is 0 Å². The highest BCUT2D eigenvalue weighted by molar-refractivity contribution is 5.87. The molecular formula is C15H14N2O2. The fourth-order valence-corrected chi connectivity index (χ4v) is 2.20. The number of furan rings is 1. The number of hydrogen-bond donors (Lipinski definition) is 1. The first kappa shape index (κ1) is 11.6. The number of anilines is 1. The van der Waals surface area contributed by atoms with Crippen molar-refractivity contribution in [1.29, 1.82) is 0 Å². The van der Waals surface area contributed by atoms with E-state index < -0.39 is 0 Å². The average Bonchev–Trinajstić information content (AvgIpc) is 3.05. The second-order valence-electron chi connectivity index (χ2n) is 4.25. The van der Waals surface area contributed by atoms with Gasteiger partial charge in [0.05, 0.1) is 11.8 Å². The number of nitrogens with two attached hydrogens (primary N) is 1. The summed E-state index contributed by atoms with van der Waals surface area (Å²) in [5, 5.41) is 4.08. The Morgan fingerprint density at radius 2 is 1.95 bits per heavy atom. The van der Waals surface area contributed by atoms with Crippen molar-refractivity contribution in [3.05, 3.63) is 48.4 Å². The summed E-state index contributed by atoms with van der Waals surface area (Å²) in [6.45, 7) is 2.04. The van der Waals surface area contributed by atoms with Crippen LogP contribution < -0.4 is 5.73 Å². The standard InChI is InChI=1S/C15H14N2O2/c1-2-12-11(8-9-18-12)14-13(15(16)19-17-14)10-6-4-3-5-7-10/h3-9H,2,16H2,1H3. The fraction of sp³-hybridized carbons (Fsp3) is 0.133. The van der Waals surface area contributed by atoms with Crippen molar-refractivity contribution < 1.29 is 8.94 Å². The van der Waals surface area contributed by atoms with E-state index in [1.54, 1.807) is 6.26 Å². The Kier molecular flexibility index (Phi) is 2.83. The lowest BCUT2D eigenvalue weighted by Gasteiger charge is -2.02. The summed E-state index contributed by atoms with van der Waals surface area (Å²) < 4.78 is 10.6. The van der Waals surface area contributed by atoms with Crippen molar-refractivity contribution in [3.63, 3.8) is 0 Å². The predicted molar refractivity (Wildman–Crippen MR) is 73.4 cm³/mol. The van der Waals surface area contributed by atoms with Gasteiger partial charge in [-0.1, -0.05) is 42.4 Å². The highest BCUT2D eigenvalue weighted by Crippen LogP contribution is 2.37. The molecule has 96 valence electrons. The first-order valence-electron chi connectivity index (χ1n) is 6.18. The van der Waals surface area contributed by atoms with Gasteiger partial charge in [0.15, 0.2) is 0 Å². The maximum Gasteiger partial charge on any atom is 0.230 e. The third kappa shape index (κ3) is 1.91. The molecular weight excluding hydrogens is 240 g/mol. The van der Waals surface area contributed by atoms with Crippen LogP contribution in [0.4, 0.5) is 5.88 Å². The highest BCUT2D eigenvalue weighted by atomic mass is 16.5. The fourth-order valence-electron chi connectivity index (χ4n) is 2.20. The first-order chi connectivity index (χ1) is 9.31. The molecule has 0 aliphatic heterocycles. The Labute approximate surface area is 110 Å². The molecule has 4 nitrogen and oxygen atoms in total. The molecule has 3 aromatic rings. The molecule has 2 N–H and O–H groups in total. The van der Waals surface area contributed by atoms with Gasteiger partial charge >= 0.3 is 0 Å². The minimum absolute atomic E-state index is 0.324. The summed E-state index contributed by atoms with van der Waals surface area (Å²) in [6, 6.07) is 11.7. The lowest BCUT2D eigenvalue weighted by molar-refractivity contribution is 0.439. The third-order valence-electron chi connectivity index (χ3n) is 3.10. The van der Waals surface area contributed by atoms with Crippen LogP contribution in [-0.2, 0) is 6.42 Å². The Bertz CT molecular complexity index is 683. The normalized spacial score (nSPS) is 10.8. The van der Waals surface area contributed by atoms with Gasteiger partial charge in [-0.15, -0.1) is 0 Å². The SMILES string of the molecule is CCc1occc1-c1noc(N)c1-c1ccccc1. The molecule has 19 heavy (non-hydrogen) atoms. The maximum atomic E-state index is 5.91. The summed E-state index contributed by atoms with van der Waals surface area (Å²) in [6.07, 6.45) is 2.46. The van der Waals surface area contributed by atoms with Gasteiger partial charge in [-0.3, -0.25) is 0 Å². The summed E-state index contributed by atoms with van der Waals surface area (Å²) in [5.41, 5.74) is 9.38. The molecule has 0 spiro atoms. The molecule has 2 aromatic heterocycles. The Morgan fingerprint density at radius 1 is 1.16 bits per heavy atom. The number of aromatic nitrogens is 1. The molecule has 1 aromatic carbocycles. The van der Waals surface area contributed by atoms with Crippen LogP contribution in [0.2, 0.25) is 0 Å². The molecule has 0 aliphatic carbocycles. The quantitative estimate of drug-likeness (QED) is 0.773. The van der Waals surface area contributed by atoms with Gasteiger partial charge < -0.3 is 14.7 Å². The zero-order valence-electron chi connectivity index (χ0n) is 10.6. The predicted octanol–water partition coefficient (Wildman–Crippen LogP) is 3.75. The van der Waals surface area contributed by atoms with Gasteiger partial charge in [-0.05, 0) is 11.6 Å².